The molecule has 3 atom stereocenters. The molecule has 14 heteroatoms. The number of benzene rings is 2. The van der Waals surface area contributed by atoms with Crippen LogP contribution in [-0.4, -0.2) is 82.7 Å². The van der Waals surface area contributed by atoms with Gasteiger partial charge in [-0.1, -0.05) is 60.7 Å². The number of hydrogen-bond donors (Lipinski definition) is 3. The predicted octanol–water partition coefficient (Wildman–Crippen LogP) is 5.99. The number of alkyl carbamates (subject to hydrolysis) is 1. The van der Waals surface area contributed by atoms with Crippen molar-refractivity contribution < 1.29 is 19.1 Å². The van der Waals surface area contributed by atoms with E-state index in [1.807, 2.05) is 65.7 Å². The second-order valence-corrected chi connectivity index (χ2v) is 13.7. The maximum atomic E-state index is 13.8. The highest BCUT2D eigenvalue weighted by atomic mass is 16.6. The number of ether oxygens (including phenoxy) is 1. The summed E-state index contributed by atoms with van der Waals surface area (Å²) in [6.45, 7) is 1.23. The average Bonchev–Trinajstić information content (AvgIpc) is 4.08. The highest BCUT2D eigenvalue weighted by Crippen LogP contribution is 2.36. The fourth-order valence-electron chi connectivity index (χ4n) is 7.37. The van der Waals surface area contributed by atoms with E-state index >= 15 is 0 Å². The van der Waals surface area contributed by atoms with Crippen LogP contribution >= 0.6 is 0 Å². The fraction of sp³-hybridized carbons (Fsp3) is 0.268. The number of nitrogens with one attached hydrogen (secondary N) is 3. The molecule has 2 saturated heterocycles. The Bertz CT molecular complexity index is 2260. The minimum Gasteiger partial charge on any atom is -0.431 e. The number of pyridine rings is 1. The lowest BCUT2D eigenvalue weighted by molar-refractivity contribution is -0.142. The first-order valence-electron chi connectivity index (χ1n) is 18.4. The molecular weight excluding hydrogens is 697 g/mol. The summed E-state index contributed by atoms with van der Waals surface area (Å²) in [5, 5.41) is 2.44. The van der Waals surface area contributed by atoms with Gasteiger partial charge in [0.15, 0.2) is 5.82 Å². The molecule has 0 aliphatic carbocycles. The van der Waals surface area contributed by atoms with E-state index in [9.17, 15) is 14.4 Å². The summed E-state index contributed by atoms with van der Waals surface area (Å²) < 4.78 is 5.54. The van der Waals surface area contributed by atoms with Gasteiger partial charge in [0, 0.05) is 61.6 Å². The van der Waals surface area contributed by atoms with E-state index in [1.54, 1.807) is 48.0 Å². The van der Waals surface area contributed by atoms with Crippen LogP contribution in [0.5, 0.6) is 0 Å². The Morgan fingerprint density at radius 2 is 1.38 bits per heavy atom. The zero-order valence-corrected chi connectivity index (χ0v) is 30.3. The normalized spacial score (nSPS) is 17.3. The topological polar surface area (TPSA) is 175 Å². The summed E-state index contributed by atoms with van der Waals surface area (Å²) in [6.07, 6.45) is 12.3. The van der Waals surface area contributed by atoms with Gasteiger partial charge in [-0.2, -0.15) is 0 Å². The molecule has 55 heavy (non-hydrogen) atoms. The van der Waals surface area contributed by atoms with Crippen molar-refractivity contribution in [3.63, 3.8) is 0 Å². The number of amides is 3. The third-order valence-electron chi connectivity index (χ3n) is 10.2. The molecule has 6 heterocycles. The number of hydrogen-bond acceptors (Lipinski definition) is 9. The first kappa shape index (κ1) is 35.3. The number of H-pyrrole nitrogens is 2. The van der Waals surface area contributed by atoms with Gasteiger partial charge in [-0.25, -0.2) is 24.7 Å². The lowest BCUT2D eigenvalue weighted by atomic mass is 10.1. The van der Waals surface area contributed by atoms with Gasteiger partial charge in [0.2, 0.25) is 12.0 Å². The molecule has 2 aliphatic rings. The van der Waals surface area contributed by atoms with E-state index in [4.69, 9.17) is 4.74 Å². The lowest BCUT2D eigenvalue weighted by Gasteiger charge is -2.27. The van der Waals surface area contributed by atoms with Gasteiger partial charge in [-0.15, -0.1) is 0 Å². The van der Waals surface area contributed by atoms with Crippen molar-refractivity contribution in [1.82, 2.24) is 50.0 Å². The van der Waals surface area contributed by atoms with Crippen molar-refractivity contribution in [2.24, 2.45) is 0 Å². The molecule has 4 aromatic heterocycles. The number of rotatable bonds is 10. The summed E-state index contributed by atoms with van der Waals surface area (Å²) in [5.41, 5.74) is 5.68. The second kappa shape index (κ2) is 15.7. The van der Waals surface area contributed by atoms with Gasteiger partial charge in [0.05, 0.1) is 42.3 Å². The zero-order chi connectivity index (χ0) is 37.7. The highest BCUT2D eigenvalue weighted by molar-refractivity contribution is 5.85. The third kappa shape index (κ3) is 7.56. The second-order valence-electron chi connectivity index (χ2n) is 13.7. The first-order valence-corrected chi connectivity index (χ1v) is 18.4. The predicted molar refractivity (Wildman–Crippen MR) is 203 cm³/mol. The summed E-state index contributed by atoms with van der Waals surface area (Å²) in [6, 6.07) is 20.3. The van der Waals surface area contributed by atoms with Crippen LogP contribution in [-0.2, 0) is 20.7 Å². The lowest BCUT2D eigenvalue weighted by Crippen LogP contribution is -2.38. The van der Waals surface area contributed by atoms with Crippen molar-refractivity contribution in [2.75, 3.05) is 20.1 Å². The Hall–Kier alpha value is -6.70. The van der Waals surface area contributed by atoms with Crippen LogP contribution in [0.3, 0.4) is 0 Å². The summed E-state index contributed by atoms with van der Waals surface area (Å²) in [4.78, 5) is 72.3. The van der Waals surface area contributed by atoms with Gasteiger partial charge in [0.25, 0.3) is 5.91 Å². The molecule has 6 aromatic rings. The smallest absolute Gasteiger partial charge is 0.408 e. The molecule has 8 rings (SSSR count). The average molecular weight is 737 g/mol. The Kier molecular flexibility index (Phi) is 10.1. The number of carbonyl (C=O) groups excluding carboxylic acids is 3. The number of carbonyl (C=O) groups is 3. The Morgan fingerprint density at radius 1 is 0.745 bits per heavy atom. The van der Waals surface area contributed by atoms with Crippen molar-refractivity contribution in [2.45, 2.75) is 50.3 Å². The van der Waals surface area contributed by atoms with E-state index in [1.165, 1.54) is 7.05 Å². The maximum absolute atomic E-state index is 13.8. The molecule has 2 aliphatic heterocycles. The number of aromatic amines is 2. The van der Waals surface area contributed by atoms with Crippen molar-refractivity contribution >= 4 is 17.9 Å². The molecule has 3 amide bonds. The Labute approximate surface area is 317 Å². The van der Waals surface area contributed by atoms with Crippen LogP contribution in [0.4, 0.5) is 4.79 Å². The van der Waals surface area contributed by atoms with E-state index in [0.717, 1.165) is 65.1 Å². The molecule has 0 saturated carbocycles. The molecule has 2 aromatic carbocycles. The minimum absolute atomic E-state index is 0.0763. The Morgan fingerprint density at radius 3 is 2.04 bits per heavy atom. The summed E-state index contributed by atoms with van der Waals surface area (Å²) in [5.74, 6) is 1.78. The van der Waals surface area contributed by atoms with E-state index in [2.05, 4.69) is 40.2 Å². The minimum atomic E-state index is -1.08. The molecule has 0 bridgehead atoms. The SMILES string of the molecule is CNC(=O)O[C@@H](C(=O)N1CCC[C@H]1c1ncc(-c2cnc(-c3ccc(-c4cnc([C@@H]5CCCN5C(=O)Cc5cccnc5)[nH]4)cc3)nc2)[nH]1)c1ccccc1. The van der Waals surface area contributed by atoms with Gasteiger partial charge in [-0.3, -0.25) is 14.6 Å². The number of nitrogens with zero attached hydrogens (tertiary/aromatic N) is 7. The molecule has 2 fully saturated rings. The zero-order valence-electron chi connectivity index (χ0n) is 30.3. The summed E-state index contributed by atoms with van der Waals surface area (Å²) >= 11 is 0. The maximum Gasteiger partial charge on any atom is 0.408 e. The molecule has 14 nitrogen and oxygen atoms in total. The van der Waals surface area contributed by atoms with Gasteiger partial charge >= 0.3 is 6.09 Å². The molecule has 278 valence electrons. The van der Waals surface area contributed by atoms with Crippen LogP contribution in [0.2, 0.25) is 0 Å². The summed E-state index contributed by atoms with van der Waals surface area (Å²) in [7, 11) is 1.46. The van der Waals surface area contributed by atoms with Crippen LogP contribution in [0.25, 0.3) is 33.9 Å². The first-order chi connectivity index (χ1) is 26.9. The van der Waals surface area contributed by atoms with Crippen LogP contribution in [0.1, 0.15) is 66.6 Å². The van der Waals surface area contributed by atoms with Gasteiger partial charge < -0.3 is 29.8 Å². The van der Waals surface area contributed by atoms with Gasteiger partial charge in [0.1, 0.15) is 11.6 Å². The van der Waals surface area contributed by atoms with E-state index in [-0.39, 0.29) is 23.9 Å². The number of likely N-dealkylation sites (tertiary alicyclic amines) is 2. The van der Waals surface area contributed by atoms with E-state index < -0.39 is 12.2 Å². The van der Waals surface area contributed by atoms with Crippen LogP contribution < -0.4 is 5.32 Å². The monoisotopic (exact) mass is 736 g/mol. The van der Waals surface area contributed by atoms with Crippen molar-refractivity contribution in [1.29, 1.82) is 0 Å². The van der Waals surface area contributed by atoms with Crippen molar-refractivity contribution in [3.8, 4) is 33.9 Å². The highest BCUT2D eigenvalue weighted by Gasteiger charge is 2.38. The standard InChI is InChI=1S/C41H40N10O4/c1-42-41(54)55-36(28-9-3-2-4-10-28)40(53)51-19-7-12-34(51)39-47-25-32(49-39)30-22-44-37(45-23-30)29-15-13-27(14-16-29)31-24-46-38(48-31)33-11-6-18-50(33)35(52)20-26-8-5-17-43-21-26/h2-5,8-10,13-17,21-25,33-34,36H,6-7,11-12,18-20H2,1H3,(H,42,54)(H,46,48)(H,47,49)/t33-,34-,36+/m0/s1. The number of aromatic nitrogens is 7. The fourth-order valence-corrected chi connectivity index (χ4v) is 7.37. The molecule has 0 spiro atoms. The molecule has 3 N–H and O–H groups in total. The van der Waals surface area contributed by atoms with Crippen LogP contribution in [0.15, 0.2) is 104 Å². The quantitative estimate of drug-likeness (QED) is 0.153. The van der Waals surface area contributed by atoms with Crippen LogP contribution in [0, 0.1) is 0 Å². The van der Waals surface area contributed by atoms with E-state index in [0.29, 0.717) is 36.7 Å². The number of imidazole rings is 2. The molecule has 0 radical (unpaired) electrons. The molecular formula is C41H40N10O4. The third-order valence-corrected chi connectivity index (χ3v) is 10.2. The van der Waals surface area contributed by atoms with Crippen molar-refractivity contribution in [3.05, 3.63) is 127 Å². The van der Waals surface area contributed by atoms with Gasteiger partial charge in [-0.05, 0) is 42.9 Å². The largest absolute Gasteiger partial charge is 0.431 e. The molecule has 0 unspecified atom stereocenters. The Balaban J connectivity index is 0.921.